The molecule has 94 valence electrons. The Morgan fingerprint density at radius 2 is 2.59 bits per heavy atom. The van der Waals surface area contributed by atoms with E-state index < -0.39 is 0 Å². The third-order valence-electron chi connectivity index (χ3n) is 2.82. The van der Waals surface area contributed by atoms with Crippen LogP contribution in [0.2, 0.25) is 0 Å². The molecule has 1 amide bonds. The number of anilines is 1. The first-order chi connectivity index (χ1) is 8.07. The summed E-state index contributed by atoms with van der Waals surface area (Å²) in [5.41, 5.74) is 5.13. The van der Waals surface area contributed by atoms with E-state index in [2.05, 4.69) is 15.4 Å². The average molecular weight is 239 g/mol. The molecule has 1 fully saturated rings. The fourth-order valence-corrected chi connectivity index (χ4v) is 1.85. The summed E-state index contributed by atoms with van der Waals surface area (Å²) in [7, 11) is 0. The lowest BCUT2D eigenvalue weighted by atomic mass is 10.0. The van der Waals surface area contributed by atoms with Crippen LogP contribution in [0, 0.1) is 0 Å². The molecule has 1 aromatic heterocycles. The van der Waals surface area contributed by atoms with Crippen molar-refractivity contribution in [2.75, 3.05) is 18.9 Å². The number of carbonyl (C=O) groups is 1. The molecule has 2 heterocycles. The molecule has 2 rings (SSSR count). The van der Waals surface area contributed by atoms with Gasteiger partial charge in [-0.3, -0.25) is 4.79 Å². The number of amides is 1. The Morgan fingerprint density at radius 3 is 3.18 bits per heavy atom. The Labute approximate surface area is 99.3 Å². The Hall–Kier alpha value is -1.63. The van der Waals surface area contributed by atoms with Gasteiger partial charge in [0.15, 0.2) is 0 Å². The third-order valence-corrected chi connectivity index (χ3v) is 2.82. The maximum atomic E-state index is 11.6. The molecular weight excluding hydrogens is 222 g/mol. The van der Waals surface area contributed by atoms with E-state index >= 15 is 0 Å². The SMILES string of the molecule is CC1(CNC(=O)Cn2cnc(N)n2)CCCO1. The van der Waals surface area contributed by atoms with Crippen LogP contribution in [-0.2, 0) is 16.1 Å². The van der Waals surface area contributed by atoms with Gasteiger partial charge in [0.05, 0.1) is 5.60 Å². The van der Waals surface area contributed by atoms with Crippen molar-refractivity contribution in [3.8, 4) is 0 Å². The summed E-state index contributed by atoms with van der Waals surface area (Å²) in [6.45, 7) is 3.43. The first kappa shape index (κ1) is 11.8. The van der Waals surface area contributed by atoms with Gasteiger partial charge >= 0.3 is 0 Å². The average Bonchev–Trinajstić information content (AvgIpc) is 2.86. The van der Waals surface area contributed by atoms with Crippen molar-refractivity contribution in [2.24, 2.45) is 0 Å². The number of rotatable bonds is 4. The van der Waals surface area contributed by atoms with Crippen LogP contribution in [0.5, 0.6) is 0 Å². The van der Waals surface area contributed by atoms with Crippen molar-refractivity contribution in [2.45, 2.75) is 31.9 Å². The van der Waals surface area contributed by atoms with Gasteiger partial charge in [-0.05, 0) is 19.8 Å². The molecule has 1 saturated heterocycles. The molecule has 7 nitrogen and oxygen atoms in total. The first-order valence-corrected chi connectivity index (χ1v) is 5.63. The number of nitrogens with two attached hydrogens (primary N) is 1. The van der Waals surface area contributed by atoms with Crippen molar-refractivity contribution in [3.05, 3.63) is 6.33 Å². The minimum atomic E-state index is -0.225. The summed E-state index contributed by atoms with van der Waals surface area (Å²) in [5, 5.41) is 6.67. The summed E-state index contributed by atoms with van der Waals surface area (Å²) in [5.74, 6) is 0.0514. The minimum absolute atomic E-state index is 0.119. The number of carbonyl (C=O) groups excluding carboxylic acids is 1. The summed E-state index contributed by atoms with van der Waals surface area (Å²) >= 11 is 0. The summed E-state index contributed by atoms with van der Waals surface area (Å²) in [6, 6.07) is 0. The second-order valence-electron chi connectivity index (χ2n) is 4.48. The number of nitrogens with zero attached hydrogens (tertiary/aromatic N) is 3. The molecule has 17 heavy (non-hydrogen) atoms. The van der Waals surface area contributed by atoms with Gasteiger partial charge in [0.1, 0.15) is 12.9 Å². The number of ether oxygens (including phenoxy) is 1. The molecule has 1 atom stereocenters. The smallest absolute Gasteiger partial charge is 0.241 e. The van der Waals surface area contributed by atoms with E-state index in [9.17, 15) is 4.79 Å². The zero-order valence-electron chi connectivity index (χ0n) is 9.85. The molecular formula is C10H17N5O2. The molecule has 0 bridgehead atoms. The van der Waals surface area contributed by atoms with Gasteiger partial charge in [-0.25, -0.2) is 9.67 Å². The van der Waals surface area contributed by atoms with Gasteiger partial charge in [-0.2, -0.15) is 0 Å². The standard InChI is InChI=1S/C10H17N5O2/c1-10(3-2-4-17-10)6-12-8(16)5-15-7-13-9(11)14-15/h7H,2-6H2,1H3,(H2,11,14)(H,12,16). The van der Waals surface area contributed by atoms with E-state index in [0.717, 1.165) is 19.4 Å². The number of hydrogen-bond donors (Lipinski definition) is 2. The third kappa shape index (κ3) is 3.16. The Morgan fingerprint density at radius 1 is 1.76 bits per heavy atom. The summed E-state index contributed by atoms with van der Waals surface area (Å²) < 4.78 is 6.98. The van der Waals surface area contributed by atoms with E-state index in [1.54, 1.807) is 0 Å². The van der Waals surface area contributed by atoms with Gasteiger partial charge in [0, 0.05) is 13.2 Å². The Kier molecular flexibility index (Phi) is 3.28. The van der Waals surface area contributed by atoms with E-state index in [1.165, 1.54) is 11.0 Å². The van der Waals surface area contributed by atoms with Crippen molar-refractivity contribution >= 4 is 11.9 Å². The van der Waals surface area contributed by atoms with Crippen molar-refractivity contribution in [1.82, 2.24) is 20.1 Å². The lowest BCUT2D eigenvalue weighted by Gasteiger charge is -2.23. The highest BCUT2D eigenvalue weighted by atomic mass is 16.5. The summed E-state index contributed by atoms with van der Waals surface area (Å²) in [6.07, 6.45) is 3.46. The quantitative estimate of drug-likeness (QED) is 0.741. The van der Waals surface area contributed by atoms with E-state index in [1.807, 2.05) is 6.92 Å². The highest BCUT2D eigenvalue weighted by molar-refractivity contribution is 5.75. The van der Waals surface area contributed by atoms with Gasteiger partial charge in [-0.1, -0.05) is 0 Å². The van der Waals surface area contributed by atoms with Gasteiger partial charge in [0.25, 0.3) is 0 Å². The molecule has 0 spiro atoms. The van der Waals surface area contributed by atoms with Crippen LogP contribution in [0.3, 0.4) is 0 Å². The Balaban J connectivity index is 1.77. The maximum Gasteiger partial charge on any atom is 0.241 e. The Bertz CT molecular complexity index is 397. The van der Waals surface area contributed by atoms with Crippen molar-refractivity contribution in [3.63, 3.8) is 0 Å². The highest BCUT2D eigenvalue weighted by Crippen LogP contribution is 2.23. The molecule has 7 heteroatoms. The lowest BCUT2D eigenvalue weighted by molar-refractivity contribution is -0.123. The van der Waals surface area contributed by atoms with Crippen molar-refractivity contribution in [1.29, 1.82) is 0 Å². The van der Waals surface area contributed by atoms with Crippen LogP contribution in [0.4, 0.5) is 5.95 Å². The number of nitrogens with one attached hydrogen (secondary N) is 1. The van der Waals surface area contributed by atoms with Crippen LogP contribution in [0.15, 0.2) is 6.33 Å². The van der Waals surface area contributed by atoms with Crippen LogP contribution >= 0.6 is 0 Å². The predicted molar refractivity (Wildman–Crippen MR) is 61.0 cm³/mol. The van der Waals surface area contributed by atoms with Gasteiger partial charge in [0.2, 0.25) is 11.9 Å². The topological polar surface area (TPSA) is 95.1 Å². The van der Waals surface area contributed by atoms with E-state index in [0.29, 0.717) is 6.54 Å². The molecule has 0 aliphatic carbocycles. The van der Waals surface area contributed by atoms with Crippen molar-refractivity contribution < 1.29 is 9.53 Å². The molecule has 1 aliphatic rings. The number of nitrogen functional groups attached to an aromatic ring is 1. The maximum absolute atomic E-state index is 11.6. The molecule has 1 aromatic rings. The van der Waals surface area contributed by atoms with E-state index in [-0.39, 0.29) is 24.0 Å². The second-order valence-corrected chi connectivity index (χ2v) is 4.48. The lowest BCUT2D eigenvalue weighted by Crippen LogP contribution is -2.41. The molecule has 1 unspecified atom stereocenters. The van der Waals surface area contributed by atoms with Crippen LogP contribution in [-0.4, -0.2) is 39.4 Å². The first-order valence-electron chi connectivity index (χ1n) is 5.63. The number of aromatic nitrogens is 3. The largest absolute Gasteiger partial charge is 0.373 e. The molecule has 1 aliphatic heterocycles. The second kappa shape index (κ2) is 4.70. The molecule has 0 aromatic carbocycles. The van der Waals surface area contributed by atoms with Crippen LogP contribution < -0.4 is 11.1 Å². The van der Waals surface area contributed by atoms with Gasteiger partial charge in [-0.15, -0.1) is 5.10 Å². The molecule has 0 radical (unpaired) electrons. The zero-order chi connectivity index (χ0) is 12.3. The normalized spacial score (nSPS) is 23.8. The predicted octanol–water partition coefficient (Wildman–Crippen LogP) is -0.454. The molecule has 0 saturated carbocycles. The fourth-order valence-electron chi connectivity index (χ4n) is 1.85. The summed E-state index contributed by atoms with van der Waals surface area (Å²) in [4.78, 5) is 15.4. The van der Waals surface area contributed by atoms with Crippen LogP contribution in [0.25, 0.3) is 0 Å². The zero-order valence-corrected chi connectivity index (χ0v) is 9.85. The monoisotopic (exact) mass is 239 g/mol. The molecule has 3 N–H and O–H groups in total. The van der Waals surface area contributed by atoms with E-state index in [4.69, 9.17) is 10.5 Å². The number of hydrogen-bond acceptors (Lipinski definition) is 5. The minimum Gasteiger partial charge on any atom is -0.373 e. The van der Waals surface area contributed by atoms with Gasteiger partial charge < -0.3 is 15.8 Å². The fraction of sp³-hybridized carbons (Fsp3) is 0.700. The highest BCUT2D eigenvalue weighted by Gasteiger charge is 2.29. The van der Waals surface area contributed by atoms with Crippen LogP contribution in [0.1, 0.15) is 19.8 Å².